The summed E-state index contributed by atoms with van der Waals surface area (Å²) in [7, 11) is 0. The van der Waals surface area contributed by atoms with Crippen LogP contribution >= 0.6 is 0 Å². The predicted octanol–water partition coefficient (Wildman–Crippen LogP) is 5.63. The number of carbonyl (C=O) groups is 4. The number of hydrogen-bond acceptors (Lipinski definition) is 4. The third kappa shape index (κ3) is 7.51. The molecule has 0 aromatic heterocycles. The van der Waals surface area contributed by atoms with Crippen molar-refractivity contribution in [2.75, 3.05) is 0 Å². The SMILES string of the molecule is Cc1cccc(C(=O)C(=O)CCCCCCCCC(=O)C(=O)c2cccc(C)c2)c1. The number of rotatable bonds is 13. The summed E-state index contributed by atoms with van der Waals surface area (Å²) in [6, 6.07) is 14.2. The van der Waals surface area contributed by atoms with Gasteiger partial charge < -0.3 is 0 Å². The van der Waals surface area contributed by atoms with E-state index in [2.05, 4.69) is 0 Å². The Morgan fingerprint density at radius 1 is 0.567 bits per heavy atom. The van der Waals surface area contributed by atoms with E-state index >= 15 is 0 Å². The number of Topliss-reactive ketones (excluding diaryl/α,β-unsaturated/α-hetero) is 4. The Balaban J connectivity index is 1.56. The van der Waals surface area contributed by atoms with Crippen LogP contribution in [-0.2, 0) is 9.59 Å². The van der Waals surface area contributed by atoms with E-state index in [1.165, 1.54) is 0 Å². The Kier molecular flexibility index (Phi) is 9.33. The van der Waals surface area contributed by atoms with Crippen molar-refractivity contribution in [1.82, 2.24) is 0 Å². The largest absolute Gasteiger partial charge is 0.290 e. The highest BCUT2D eigenvalue weighted by Crippen LogP contribution is 2.13. The molecule has 0 unspecified atom stereocenters. The molecular formula is C26H30O4. The zero-order valence-electron chi connectivity index (χ0n) is 17.9. The van der Waals surface area contributed by atoms with Gasteiger partial charge in [0.1, 0.15) is 0 Å². The molecule has 0 heterocycles. The lowest BCUT2D eigenvalue weighted by Gasteiger charge is -2.04. The number of ketones is 4. The van der Waals surface area contributed by atoms with Crippen molar-refractivity contribution < 1.29 is 19.2 Å². The van der Waals surface area contributed by atoms with Crippen molar-refractivity contribution in [2.45, 2.75) is 65.2 Å². The molecule has 0 aliphatic carbocycles. The van der Waals surface area contributed by atoms with Crippen molar-refractivity contribution in [3.63, 3.8) is 0 Å². The molecule has 4 nitrogen and oxygen atoms in total. The Morgan fingerprint density at radius 2 is 0.933 bits per heavy atom. The van der Waals surface area contributed by atoms with Gasteiger partial charge in [-0.05, 0) is 38.8 Å². The lowest BCUT2D eigenvalue weighted by Crippen LogP contribution is -2.14. The summed E-state index contributed by atoms with van der Waals surface area (Å²) in [5, 5.41) is 0. The van der Waals surface area contributed by atoms with Crippen LogP contribution in [-0.4, -0.2) is 23.1 Å². The van der Waals surface area contributed by atoms with E-state index in [9.17, 15) is 19.2 Å². The molecular weight excluding hydrogens is 376 g/mol. The molecule has 0 bridgehead atoms. The van der Waals surface area contributed by atoms with E-state index in [1.807, 2.05) is 26.0 Å². The maximum absolute atomic E-state index is 12.1. The zero-order valence-corrected chi connectivity index (χ0v) is 17.9. The fraction of sp³-hybridized carbons (Fsp3) is 0.385. The molecule has 2 aromatic carbocycles. The van der Waals surface area contributed by atoms with Gasteiger partial charge in [0.2, 0.25) is 23.1 Å². The smallest absolute Gasteiger partial charge is 0.228 e. The lowest BCUT2D eigenvalue weighted by atomic mass is 9.99. The summed E-state index contributed by atoms with van der Waals surface area (Å²) in [4.78, 5) is 48.4. The minimum absolute atomic E-state index is 0.274. The molecule has 0 aliphatic rings. The molecule has 0 spiro atoms. The van der Waals surface area contributed by atoms with Crippen LogP contribution < -0.4 is 0 Å². The molecule has 30 heavy (non-hydrogen) atoms. The average Bonchev–Trinajstić information content (AvgIpc) is 2.74. The third-order valence-electron chi connectivity index (χ3n) is 5.12. The molecule has 2 rings (SSSR count). The van der Waals surface area contributed by atoms with Crippen molar-refractivity contribution in [1.29, 1.82) is 0 Å². The quantitative estimate of drug-likeness (QED) is 0.246. The molecule has 0 saturated carbocycles. The minimum atomic E-state index is -0.407. The summed E-state index contributed by atoms with van der Waals surface area (Å²) in [5.41, 5.74) is 2.86. The van der Waals surface area contributed by atoms with E-state index in [4.69, 9.17) is 0 Å². The Morgan fingerprint density at radius 3 is 1.30 bits per heavy atom. The van der Waals surface area contributed by atoms with Crippen LogP contribution in [0.5, 0.6) is 0 Å². The van der Waals surface area contributed by atoms with Gasteiger partial charge in [0.05, 0.1) is 0 Å². The van der Waals surface area contributed by atoms with Crippen molar-refractivity contribution in [3.05, 3.63) is 70.8 Å². The zero-order chi connectivity index (χ0) is 21.9. The summed E-state index contributed by atoms with van der Waals surface area (Å²) in [6.45, 7) is 3.79. The molecule has 0 fully saturated rings. The van der Waals surface area contributed by atoms with E-state index in [0.29, 0.717) is 24.0 Å². The number of aryl methyl sites for hydroxylation is 2. The number of carbonyl (C=O) groups excluding carboxylic acids is 4. The first kappa shape index (κ1) is 23.4. The highest BCUT2D eigenvalue weighted by Gasteiger charge is 2.16. The van der Waals surface area contributed by atoms with Gasteiger partial charge in [-0.3, -0.25) is 19.2 Å². The maximum Gasteiger partial charge on any atom is 0.228 e. The standard InChI is InChI=1S/C26H30O4/c1-19-11-9-13-21(17-19)25(29)23(27)15-7-5-3-4-6-8-16-24(28)26(30)22-14-10-12-20(2)18-22/h9-14,17-18H,3-8,15-16H2,1-2H3. The fourth-order valence-corrected chi connectivity index (χ4v) is 3.40. The van der Waals surface area contributed by atoms with E-state index in [0.717, 1.165) is 36.8 Å². The first-order valence-electron chi connectivity index (χ1n) is 10.7. The monoisotopic (exact) mass is 406 g/mol. The topological polar surface area (TPSA) is 68.3 Å². The normalized spacial score (nSPS) is 10.6. The molecule has 2 aromatic rings. The summed E-state index contributed by atoms with van der Waals surface area (Å²) >= 11 is 0. The minimum Gasteiger partial charge on any atom is -0.290 e. The first-order chi connectivity index (χ1) is 14.4. The molecule has 0 radical (unpaired) electrons. The number of hydrogen-bond donors (Lipinski definition) is 0. The van der Waals surface area contributed by atoms with E-state index in [-0.39, 0.29) is 24.4 Å². The molecule has 4 heteroatoms. The maximum atomic E-state index is 12.1. The van der Waals surface area contributed by atoms with E-state index < -0.39 is 11.6 Å². The molecule has 0 N–H and O–H groups in total. The van der Waals surface area contributed by atoms with Gasteiger partial charge in [0, 0.05) is 24.0 Å². The van der Waals surface area contributed by atoms with Gasteiger partial charge in [-0.2, -0.15) is 0 Å². The third-order valence-corrected chi connectivity index (χ3v) is 5.12. The highest BCUT2D eigenvalue weighted by atomic mass is 16.2. The van der Waals surface area contributed by atoms with Gasteiger partial charge in [0.15, 0.2) is 0 Å². The van der Waals surface area contributed by atoms with Gasteiger partial charge in [-0.25, -0.2) is 0 Å². The summed E-state index contributed by atoms with van der Waals surface area (Å²) in [6.07, 6.45) is 5.60. The second-order valence-corrected chi connectivity index (χ2v) is 7.86. The van der Waals surface area contributed by atoms with Gasteiger partial charge >= 0.3 is 0 Å². The van der Waals surface area contributed by atoms with Crippen LogP contribution in [0.2, 0.25) is 0 Å². The van der Waals surface area contributed by atoms with Crippen LogP contribution in [0.15, 0.2) is 48.5 Å². The fourth-order valence-electron chi connectivity index (χ4n) is 3.40. The van der Waals surface area contributed by atoms with Crippen LogP contribution in [0.3, 0.4) is 0 Å². The highest BCUT2D eigenvalue weighted by molar-refractivity contribution is 6.44. The van der Waals surface area contributed by atoms with Gasteiger partial charge in [0.25, 0.3) is 0 Å². The van der Waals surface area contributed by atoms with E-state index in [1.54, 1.807) is 36.4 Å². The molecule has 0 saturated heterocycles. The molecule has 0 atom stereocenters. The van der Waals surface area contributed by atoms with Crippen LogP contribution in [0.4, 0.5) is 0 Å². The number of unbranched alkanes of at least 4 members (excludes halogenated alkanes) is 5. The van der Waals surface area contributed by atoms with Crippen LogP contribution in [0, 0.1) is 13.8 Å². The van der Waals surface area contributed by atoms with Crippen molar-refractivity contribution in [3.8, 4) is 0 Å². The summed E-state index contributed by atoms with van der Waals surface area (Å²) < 4.78 is 0. The summed E-state index contributed by atoms with van der Waals surface area (Å²) in [5.74, 6) is -1.48. The Labute approximate surface area is 178 Å². The predicted molar refractivity (Wildman–Crippen MR) is 118 cm³/mol. The molecule has 0 aliphatic heterocycles. The van der Waals surface area contributed by atoms with Crippen molar-refractivity contribution >= 4 is 23.1 Å². The average molecular weight is 407 g/mol. The van der Waals surface area contributed by atoms with Crippen molar-refractivity contribution in [2.24, 2.45) is 0 Å². The molecule has 158 valence electrons. The lowest BCUT2D eigenvalue weighted by molar-refractivity contribution is -0.115. The second kappa shape index (κ2) is 12.0. The Hall–Kier alpha value is -2.88. The van der Waals surface area contributed by atoms with Crippen LogP contribution in [0.25, 0.3) is 0 Å². The Bertz CT molecular complexity index is 835. The van der Waals surface area contributed by atoms with Crippen LogP contribution in [0.1, 0.15) is 83.2 Å². The van der Waals surface area contributed by atoms with Gasteiger partial charge in [-0.1, -0.05) is 73.2 Å². The van der Waals surface area contributed by atoms with Gasteiger partial charge in [-0.15, -0.1) is 0 Å². The molecule has 0 amide bonds. The number of benzene rings is 2. The first-order valence-corrected chi connectivity index (χ1v) is 10.7. The second-order valence-electron chi connectivity index (χ2n) is 7.86.